The van der Waals surface area contributed by atoms with Crippen molar-refractivity contribution in [3.63, 3.8) is 0 Å². The molecule has 21 heavy (non-hydrogen) atoms. The molecule has 2 aliphatic rings. The summed E-state index contributed by atoms with van der Waals surface area (Å²) in [4.78, 5) is 20.9. The van der Waals surface area contributed by atoms with Crippen LogP contribution < -0.4 is 4.90 Å². The summed E-state index contributed by atoms with van der Waals surface area (Å²) in [5.41, 5.74) is -0.366. The van der Waals surface area contributed by atoms with Crippen LogP contribution in [0.1, 0.15) is 33.6 Å². The van der Waals surface area contributed by atoms with Crippen LogP contribution in [0, 0.1) is 0 Å². The Bertz CT molecular complexity index is 520. The number of hydrogen-bond acceptors (Lipinski definition) is 4. The monoisotopic (exact) mass is 289 g/mol. The number of hydrogen-bond donors (Lipinski definition) is 0. The second-order valence-corrected chi connectivity index (χ2v) is 6.97. The number of carbonyl (C=O) groups excluding carboxylic acids is 1. The van der Waals surface area contributed by atoms with Gasteiger partial charge >= 0.3 is 6.09 Å². The van der Waals surface area contributed by atoms with Gasteiger partial charge in [0, 0.05) is 25.8 Å². The lowest BCUT2D eigenvalue weighted by Gasteiger charge is -2.43. The zero-order valence-corrected chi connectivity index (χ0v) is 13.0. The van der Waals surface area contributed by atoms with Gasteiger partial charge in [-0.2, -0.15) is 0 Å². The normalized spacial score (nSPS) is 20.5. The van der Waals surface area contributed by atoms with Crippen molar-refractivity contribution in [2.75, 3.05) is 24.5 Å². The van der Waals surface area contributed by atoms with Crippen LogP contribution in [0.15, 0.2) is 24.4 Å². The summed E-state index contributed by atoms with van der Waals surface area (Å²) >= 11 is 0. The van der Waals surface area contributed by atoms with Crippen LogP contribution >= 0.6 is 0 Å². The first kappa shape index (κ1) is 14.2. The number of anilines is 1. The van der Waals surface area contributed by atoms with Gasteiger partial charge in [-0.25, -0.2) is 9.78 Å². The highest BCUT2D eigenvalue weighted by Crippen LogP contribution is 2.46. The van der Waals surface area contributed by atoms with Crippen molar-refractivity contribution >= 4 is 11.9 Å². The highest BCUT2D eigenvalue weighted by atomic mass is 16.6. The van der Waals surface area contributed by atoms with E-state index in [-0.39, 0.29) is 11.6 Å². The van der Waals surface area contributed by atoms with E-state index in [1.54, 1.807) is 0 Å². The molecule has 0 bridgehead atoms. The smallest absolute Gasteiger partial charge is 0.410 e. The molecule has 5 nitrogen and oxygen atoms in total. The fourth-order valence-corrected chi connectivity index (χ4v) is 2.90. The van der Waals surface area contributed by atoms with Crippen LogP contribution in [-0.4, -0.2) is 46.8 Å². The third kappa shape index (κ3) is 2.96. The van der Waals surface area contributed by atoms with Gasteiger partial charge in [-0.05, 0) is 45.7 Å². The first-order valence-electron chi connectivity index (χ1n) is 7.56. The third-order valence-electron chi connectivity index (χ3n) is 4.06. The molecule has 0 atom stereocenters. The Morgan fingerprint density at radius 2 is 2.05 bits per heavy atom. The highest BCUT2D eigenvalue weighted by molar-refractivity contribution is 5.69. The Labute approximate surface area is 125 Å². The van der Waals surface area contributed by atoms with E-state index in [0.717, 1.165) is 31.7 Å². The van der Waals surface area contributed by atoms with Crippen molar-refractivity contribution in [2.24, 2.45) is 0 Å². The molecule has 0 N–H and O–H groups in total. The molecule has 0 aromatic carbocycles. The van der Waals surface area contributed by atoms with Crippen molar-refractivity contribution in [1.82, 2.24) is 9.88 Å². The van der Waals surface area contributed by atoms with Crippen LogP contribution in [0.4, 0.5) is 10.6 Å². The van der Waals surface area contributed by atoms with E-state index in [1.807, 2.05) is 50.1 Å². The van der Waals surface area contributed by atoms with Crippen LogP contribution in [0.2, 0.25) is 0 Å². The Balaban J connectivity index is 1.70. The lowest BCUT2D eigenvalue weighted by atomic mass is 10.1. The third-order valence-corrected chi connectivity index (χ3v) is 4.06. The SMILES string of the molecule is CC(C)(C)OC(=O)N1CCN(c2ccccn2)C2(CC2)C1. The van der Waals surface area contributed by atoms with Gasteiger partial charge in [0.15, 0.2) is 0 Å². The number of amides is 1. The molecule has 1 aromatic heterocycles. The van der Waals surface area contributed by atoms with Crippen LogP contribution in [-0.2, 0) is 4.74 Å². The number of piperazine rings is 1. The molecule has 1 saturated heterocycles. The minimum Gasteiger partial charge on any atom is -0.444 e. The minimum absolute atomic E-state index is 0.0729. The van der Waals surface area contributed by atoms with Crippen molar-refractivity contribution in [2.45, 2.75) is 44.8 Å². The first-order valence-corrected chi connectivity index (χ1v) is 7.56. The standard InChI is InChI=1S/C16H23N3O2/c1-15(2,3)21-14(20)18-10-11-19(16(12-18)7-8-16)13-6-4-5-9-17-13/h4-6,9H,7-8,10-12H2,1-3H3. The van der Waals surface area contributed by atoms with Crippen molar-refractivity contribution in [3.05, 3.63) is 24.4 Å². The van der Waals surface area contributed by atoms with Crippen LogP contribution in [0.5, 0.6) is 0 Å². The molecule has 1 spiro atoms. The minimum atomic E-state index is -0.439. The summed E-state index contributed by atoms with van der Waals surface area (Å²) in [6.07, 6.45) is 3.85. The van der Waals surface area contributed by atoms with Gasteiger partial charge in [-0.15, -0.1) is 0 Å². The maximum Gasteiger partial charge on any atom is 0.410 e. The van der Waals surface area contributed by atoms with E-state index in [9.17, 15) is 4.79 Å². The van der Waals surface area contributed by atoms with Crippen molar-refractivity contribution in [3.8, 4) is 0 Å². The Morgan fingerprint density at radius 3 is 2.62 bits per heavy atom. The number of pyridine rings is 1. The molecule has 1 saturated carbocycles. The fraction of sp³-hybridized carbons (Fsp3) is 0.625. The van der Waals surface area contributed by atoms with Gasteiger partial charge in [0.05, 0.1) is 5.54 Å². The summed E-state index contributed by atoms with van der Waals surface area (Å²) < 4.78 is 5.49. The van der Waals surface area contributed by atoms with E-state index in [1.165, 1.54) is 0 Å². The van der Waals surface area contributed by atoms with Crippen molar-refractivity contribution in [1.29, 1.82) is 0 Å². The summed E-state index contributed by atoms with van der Waals surface area (Å²) in [5.74, 6) is 1.01. The second kappa shape index (κ2) is 4.90. The van der Waals surface area contributed by atoms with E-state index < -0.39 is 5.60 Å². The van der Waals surface area contributed by atoms with Crippen LogP contribution in [0.25, 0.3) is 0 Å². The Morgan fingerprint density at radius 1 is 1.29 bits per heavy atom. The van der Waals surface area contributed by atoms with Gasteiger partial charge < -0.3 is 14.5 Å². The zero-order valence-electron chi connectivity index (χ0n) is 13.0. The molecule has 0 unspecified atom stereocenters. The van der Waals surface area contributed by atoms with Gasteiger partial charge in [-0.3, -0.25) is 0 Å². The highest BCUT2D eigenvalue weighted by Gasteiger charge is 2.53. The molecule has 1 aromatic rings. The summed E-state index contributed by atoms with van der Waals surface area (Å²) in [7, 11) is 0. The van der Waals surface area contributed by atoms with E-state index in [2.05, 4.69) is 9.88 Å². The van der Waals surface area contributed by atoms with Crippen molar-refractivity contribution < 1.29 is 9.53 Å². The average Bonchev–Trinajstić information content (AvgIpc) is 3.17. The number of ether oxygens (including phenoxy) is 1. The molecule has 1 aliphatic heterocycles. The largest absolute Gasteiger partial charge is 0.444 e. The number of carbonyl (C=O) groups is 1. The summed E-state index contributed by atoms with van der Waals surface area (Å²) in [5, 5.41) is 0. The molecule has 2 fully saturated rings. The molecule has 3 rings (SSSR count). The first-order chi connectivity index (χ1) is 9.90. The topological polar surface area (TPSA) is 45.7 Å². The molecule has 1 aliphatic carbocycles. The van der Waals surface area contributed by atoms with Gasteiger partial charge in [0.1, 0.15) is 11.4 Å². The fourth-order valence-electron chi connectivity index (χ4n) is 2.90. The van der Waals surface area contributed by atoms with Gasteiger partial charge in [0.2, 0.25) is 0 Å². The lowest BCUT2D eigenvalue weighted by molar-refractivity contribution is 0.0205. The molecular weight excluding hydrogens is 266 g/mol. The zero-order chi connectivity index (χ0) is 15.1. The van der Waals surface area contributed by atoms with Gasteiger partial charge in [0.25, 0.3) is 0 Å². The van der Waals surface area contributed by atoms with E-state index in [4.69, 9.17) is 4.74 Å². The Kier molecular flexibility index (Phi) is 3.30. The maximum absolute atomic E-state index is 12.2. The average molecular weight is 289 g/mol. The van der Waals surface area contributed by atoms with E-state index >= 15 is 0 Å². The quantitative estimate of drug-likeness (QED) is 0.797. The summed E-state index contributed by atoms with van der Waals surface area (Å²) in [6, 6.07) is 5.99. The predicted molar refractivity (Wildman–Crippen MR) is 81.4 cm³/mol. The molecular formula is C16H23N3O2. The summed E-state index contributed by atoms with van der Waals surface area (Å²) in [6.45, 7) is 7.95. The predicted octanol–water partition coefficient (Wildman–Crippen LogP) is 2.67. The molecule has 0 radical (unpaired) electrons. The lowest BCUT2D eigenvalue weighted by Crippen LogP contribution is -2.57. The second-order valence-electron chi connectivity index (χ2n) is 6.97. The number of nitrogens with zero attached hydrogens (tertiary/aromatic N) is 3. The maximum atomic E-state index is 12.2. The molecule has 2 heterocycles. The molecule has 5 heteroatoms. The Hall–Kier alpha value is -1.78. The number of rotatable bonds is 1. The molecule has 114 valence electrons. The van der Waals surface area contributed by atoms with Gasteiger partial charge in [-0.1, -0.05) is 6.07 Å². The van der Waals surface area contributed by atoms with E-state index in [0.29, 0.717) is 6.54 Å². The molecule has 1 amide bonds. The van der Waals surface area contributed by atoms with Crippen LogP contribution in [0.3, 0.4) is 0 Å². The number of aromatic nitrogens is 1.